The first-order valence-corrected chi connectivity index (χ1v) is 8.89. The molecule has 0 radical (unpaired) electrons. The van der Waals surface area contributed by atoms with E-state index < -0.39 is 0 Å². The smallest absolute Gasteiger partial charge is 0.137 e. The van der Waals surface area contributed by atoms with Crippen molar-refractivity contribution < 1.29 is 9.84 Å². The summed E-state index contributed by atoms with van der Waals surface area (Å²) >= 11 is 0. The van der Waals surface area contributed by atoms with Gasteiger partial charge in [0.05, 0.1) is 25.3 Å². The van der Waals surface area contributed by atoms with Crippen LogP contribution in [0.1, 0.15) is 17.0 Å². The van der Waals surface area contributed by atoms with Crippen molar-refractivity contribution in [2.45, 2.75) is 12.8 Å². The van der Waals surface area contributed by atoms with Crippen LogP contribution in [-0.4, -0.2) is 46.4 Å². The average Bonchev–Trinajstić information content (AvgIpc) is 2.72. The van der Waals surface area contributed by atoms with Gasteiger partial charge in [0.2, 0.25) is 0 Å². The molecule has 2 heterocycles. The largest absolute Gasteiger partial charge is 0.394 e. The van der Waals surface area contributed by atoms with Crippen LogP contribution >= 0.6 is 0 Å². The highest BCUT2D eigenvalue weighted by atomic mass is 16.5. The molecule has 138 valence electrons. The van der Waals surface area contributed by atoms with E-state index in [4.69, 9.17) is 21.3 Å². The maximum Gasteiger partial charge on any atom is 0.137 e. The molecule has 0 saturated carbocycles. The number of fused-ring (bicyclic) bond motifs is 1. The minimum atomic E-state index is 0.0143. The van der Waals surface area contributed by atoms with E-state index in [1.807, 2.05) is 36.5 Å². The quantitative estimate of drug-likeness (QED) is 0.449. The molecule has 0 bridgehead atoms. The first-order valence-electron chi connectivity index (χ1n) is 8.89. The molecular formula is C21H22N4O2. The fourth-order valence-corrected chi connectivity index (χ4v) is 2.72. The number of rotatable bonds is 9. The highest BCUT2D eigenvalue weighted by Crippen LogP contribution is 2.22. The topological polar surface area (TPSA) is 80.2 Å². The second-order valence-corrected chi connectivity index (χ2v) is 5.99. The first-order chi connectivity index (χ1) is 13.3. The number of ether oxygens (including phenoxy) is 1. The van der Waals surface area contributed by atoms with E-state index in [-0.39, 0.29) is 6.61 Å². The molecular weight excluding hydrogens is 340 g/mol. The maximum atomic E-state index is 8.78. The third-order valence-corrected chi connectivity index (χ3v) is 4.04. The van der Waals surface area contributed by atoms with Crippen molar-refractivity contribution in [1.29, 1.82) is 0 Å². The van der Waals surface area contributed by atoms with Gasteiger partial charge in [0.25, 0.3) is 0 Å². The molecule has 0 fully saturated rings. The number of hydrogen-bond acceptors (Lipinski definition) is 6. The van der Waals surface area contributed by atoms with E-state index in [9.17, 15) is 0 Å². The SMILES string of the molecule is C#Cc1ccc2nc(CCc3cccnc3)nc(NCCOCCO)c2c1. The summed E-state index contributed by atoms with van der Waals surface area (Å²) in [6, 6.07) is 9.70. The predicted octanol–water partition coefficient (Wildman–Crippen LogP) is 2.21. The maximum absolute atomic E-state index is 8.78. The number of terminal acetylenes is 1. The number of aliphatic hydroxyl groups excluding tert-OH is 1. The molecule has 0 atom stereocenters. The van der Waals surface area contributed by atoms with Crippen LogP contribution < -0.4 is 5.32 Å². The van der Waals surface area contributed by atoms with Crippen molar-refractivity contribution in [3.8, 4) is 12.3 Å². The second-order valence-electron chi connectivity index (χ2n) is 5.99. The van der Waals surface area contributed by atoms with E-state index in [2.05, 4.69) is 21.2 Å². The van der Waals surface area contributed by atoms with Crippen molar-refractivity contribution in [2.24, 2.45) is 0 Å². The van der Waals surface area contributed by atoms with Gasteiger partial charge in [-0.05, 0) is 36.2 Å². The lowest BCUT2D eigenvalue weighted by Gasteiger charge is -2.11. The fourth-order valence-electron chi connectivity index (χ4n) is 2.72. The van der Waals surface area contributed by atoms with Gasteiger partial charge in [-0.25, -0.2) is 9.97 Å². The summed E-state index contributed by atoms with van der Waals surface area (Å²) in [7, 11) is 0. The summed E-state index contributed by atoms with van der Waals surface area (Å²) in [5.41, 5.74) is 2.79. The van der Waals surface area contributed by atoms with Gasteiger partial charge in [-0.1, -0.05) is 12.0 Å². The van der Waals surface area contributed by atoms with Crippen molar-refractivity contribution in [3.63, 3.8) is 0 Å². The van der Waals surface area contributed by atoms with Crippen molar-refractivity contribution in [2.75, 3.05) is 31.7 Å². The van der Waals surface area contributed by atoms with Crippen LogP contribution in [0.5, 0.6) is 0 Å². The van der Waals surface area contributed by atoms with Crippen LogP contribution in [0.3, 0.4) is 0 Å². The number of aryl methyl sites for hydroxylation is 2. The third-order valence-electron chi connectivity index (χ3n) is 4.04. The van der Waals surface area contributed by atoms with Crippen molar-refractivity contribution in [3.05, 3.63) is 59.7 Å². The summed E-state index contributed by atoms with van der Waals surface area (Å²) in [4.78, 5) is 13.5. The summed E-state index contributed by atoms with van der Waals surface area (Å²) in [6.45, 7) is 1.39. The monoisotopic (exact) mass is 362 g/mol. The molecule has 27 heavy (non-hydrogen) atoms. The van der Waals surface area contributed by atoms with Crippen LogP contribution in [0.15, 0.2) is 42.7 Å². The minimum absolute atomic E-state index is 0.0143. The molecule has 0 spiro atoms. The van der Waals surface area contributed by atoms with Gasteiger partial charge in [-0.2, -0.15) is 0 Å². The van der Waals surface area contributed by atoms with Crippen LogP contribution in [0.4, 0.5) is 5.82 Å². The summed E-state index contributed by atoms with van der Waals surface area (Å²) in [5, 5.41) is 13.0. The zero-order valence-corrected chi connectivity index (χ0v) is 15.1. The molecule has 3 rings (SSSR count). The summed E-state index contributed by atoms with van der Waals surface area (Å²) in [6.07, 6.45) is 10.7. The van der Waals surface area contributed by atoms with Crippen molar-refractivity contribution in [1.82, 2.24) is 15.0 Å². The Balaban J connectivity index is 1.80. The molecule has 0 aliphatic rings. The molecule has 2 aromatic heterocycles. The molecule has 0 aliphatic heterocycles. The number of pyridine rings is 1. The van der Waals surface area contributed by atoms with Crippen LogP contribution in [0.2, 0.25) is 0 Å². The normalized spacial score (nSPS) is 10.7. The number of nitrogens with one attached hydrogen (secondary N) is 1. The predicted molar refractivity (Wildman–Crippen MR) is 106 cm³/mol. The Labute approximate surface area is 158 Å². The van der Waals surface area contributed by atoms with Crippen molar-refractivity contribution >= 4 is 16.7 Å². The first kappa shape index (κ1) is 18.8. The Morgan fingerprint density at radius 1 is 1.15 bits per heavy atom. The number of anilines is 1. The zero-order chi connectivity index (χ0) is 18.9. The highest BCUT2D eigenvalue weighted by Gasteiger charge is 2.09. The van der Waals surface area contributed by atoms with E-state index in [0.717, 1.165) is 40.1 Å². The Morgan fingerprint density at radius 3 is 2.85 bits per heavy atom. The molecule has 1 aromatic carbocycles. The van der Waals surface area contributed by atoms with E-state index in [1.54, 1.807) is 6.20 Å². The molecule has 0 aliphatic carbocycles. The standard InChI is InChI=1S/C21H22N4O2/c1-2-16-5-7-19-18(14-16)21(23-10-12-27-13-11-26)25-20(24-19)8-6-17-4-3-9-22-15-17/h1,3-5,7,9,14-15,26H,6,8,10-13H2,(H,23,24,25). The Kier molecular flexibility index (Phi) is 6.69. The lowest BCUT2D eigenvalue weighted by Crippen LogP contribution is -2.13. The molecule has 2 N–H and O–H groups in total. The number of aliphatic hydroxyl groups is 1. The molecule has 0 saturated heterocycles. The number of hydrogen-bond donors (Lipinski definition) is 2. The van der Waals surface area contributed by atoms with E-state index in [0.29, 0.717) is 26.2 Å². The second kappa shape index (κ2) is 9.62. The fraction of sp³-hybridized carbons (Fsp3) is 0.286. The van der Waals surface area contributed by atoms with Gasteiger partial charge in [0, 0.05) is 36.3 Å². The third kappa shape index (κ3) is 5.23. The molecule has 6 nitrogen and oxygen atoms in total. The van der Waals surface area contributed by atoms with E-state index >= 15 is 0 Å². The lowest BCUT2D eigenvalue weighted by molar-refractivity contribution is 0.0992. The number of nitrogens with zero attached hydrogens (tertiary/aromatic N) is 3. The van der Waals surface area contributed by atoms with Gasteiger partial charge in [0.15, 0.2) is 0 Å². The van der Waals surface area contributed by atoms with Gasteiger partial charge in [0.1, 0.15) is 11.6 Å². The zero-order valence-electron chi connectivity index (χ0n) is 15.1. The van der Waals surface area contributed by atoms with E-state index in [1.165, 1.54) is 0 Å². The lowest BCUT2D eigenvalue weighted by atomic mass is 10.1. The van der Waals surface area contributed by atoms with Gasteiger partial charge >= 0.3 is 0 Å². The van der Waals surface area contributed by atoms with Crippen LogP contribution in [0.25, 0.3) is 10.9 Å². The highest BCUT2D eigenvalue weighted by molar-refractivity contribution is 5.90. The van der Waals surface area contributed by atoms with Gasteiger partial charge in [-0.15, -0.1) is 6.42 Å². The van der Waals surface area contributed by atoms with Gasteiger partial charge in [-0.3, -0.25) is 4.98 Å². The Bertz CT molecular complexity index is 923. The minimum Gasteiger partial charge on any atom is -0.394 e. The van der Waals surface area contributed by atoms with Crippen LogP contribution in [0, 0.1) is 12.3 Å². The number of benzene rings is 1. The average molecular weight is 362 g/mol. The summed E-state index contributed by atoms with van der Waals surface area (Å²) in [5.74, 6) is 4.15. The summed E-state index contributed by atoms with van der Waals surface area (Å²) < 4.78 is 5.30. The van der Waals surface area contributed by atoms with Crippen LogP contribution in [-0.2, 0) is 17.6 Å². The Hall–Kier alpha value is -3.01. The number of aromatic nitrogens is 3. The van der Waals surface area contributed by atoms with Gasteiger partial charge < -0.3 is 15.2 Å². The molecule has 3 aromatic rings. The Morgan fingerprint density at radius 2 is 2.07 bits per heavy atom. The molecule has 0 unspecified atom stereocenters. The molecule has 6 heteroatoms. The molecule has 0 amide bonds.